The van der Waals surface area contributed by atoms with Crippen molar-refractivity contribution in [3.8, 4) is 17.6 Å². The van der Waals surface area contributed by atoms with Crippen LogP contribution in [0.1, 0.15) is 50.5 Å². The minimum Gasteiger partial charge on any atom is -0.513 e. The predicted octanol–water partition coefficient (Wildman–Crippen LogP) is 5.84. The summed E-state index contributed by atoms with van der Waals surface area (Å²) in [7, 11) is 1.64. The summed E-state index contributed by atoms with van der Waals surface area (Å²) in [5, 5.41) is 19.4. The Balaban J connectivity index is 0.000000500. The van der Waals surface area contributed by atoms with E-state index in [1.165, 1.54) is 12.8 Å². The Kier molecular flexibility index (Phi) is 7.53. The Morgan fingerprint density at radius 2 is 1.89 bits per heavy atom. The second kappa shape index (κ2) is 9.46. The first-order chi connectivity index (χ1) is 13.2. The minimum atomic E-state index is -4.31. The predicted molar refractivity (Wildman–Crippen MR) is 103 cm³/mol. The third-order valence-electron chi connectivity index (χ3n) is 5.02. The topological polar surface area (TPSA) is 62.5 Å². The maximum absolute atomic E-state index is 10.2. The van der Waals surface area contributed by atoms with Gasteiger partial charge in [-0.2, -0.15) is 18.4 Å². The van der Waals surface area contributed by atoms with E-state index in [1.54, 1.807) is 13.2 Å². The van der Waals surface area contributed by atoms with Gasteiger partial charge in [0.05, 0.1) is 30.5 Å². The Bertz CT molecular complexity index is 733. The van der Waals surface area contributed by atoms with E-state index in [0.29, 0.717) is 30.8 Å². The average molecular weight is 415 g/mol. The maximum Gasteiger partial charge on any atom is 0.438 e. The normalized spacial score (nSPS) is 22.5. The molecule has 0 aliphatic heterocycles. The third-order valence-corrected chi connectivity index (χ3v) is 5.02. The zero-order chi connectivity index (χ0) is 20.8. The lowest BCUT2D eigenvalue weighted by atomic mass is 9.72. The summed E-state index contributed by atoms with van der Waals surface area (Å²) in [6.45, 7) is 0. The van der Waals surface area contributed by atoms with Crippen molar-refractivity contribution in [2.24, 2.45) is 0 Å². The zero-order valence-corrected chi connectivity index (χ0v) is 16.5. The molecule has 1 atom stereocenters. The van der Waals surface area contributed by atoms with Gasteiger partial charge in [-0.3, -0.25) is 0 Å². The average Bonchev–Trinajstić information content (AvgIpc) is 3.14. The van der Waals surface area contributed by atoms with Crippen molar-refractivity contribution in [2.75, 3.05) is 7.11 Å². The van der Waals surface area contributed by atoms with E-state index in [0.717, 1.165) is 24.2 Å². The van der Waals surface area contributed by atoms with Crippen molar-refractivity contribution < 1.29 is 27.8 Å². The van der Waals surface area contributed by atoms with Gasteiger partial charge in [-0.15, -0.1) is 0 Å². The highest BCUT2D eigenvalue weighted by Crippen LogP contribution is 2.41. The van der Waals surface area contributed by atoms with Crippen LogP contribution in [-0.4, -0.2) is 23.8 Å². The highest BCUT2D eigenvalue weighted by molar-refractivity contribution is 7.81. The Hall–Kier alpha value is -2.01. The Morgan fingerprint density at radius 1 is 1.25 bits per heavy atom. The van der Waals surface area contributed by atoms with E-state index in [1.807, 2.05) is 18.2 Å². The number of aliphatic hydroxyl groups excluding tert-OH is 1. The molecule has 0 amide bonds. The molecule has 1 aromatic carbocycles. The van der Waals surface area contributed by atoms with Crippen LogP contribution in [0.5, 0.6) is 11.5 Å². The summed E-state index contributed by atoms with van der Waals surface area (Å²) in [6.07, 6.45) is 8.27. The number of hydrogen-bond donors (Lipinski definition) is 2. The van der Waals surface area contributed by atoms with Gasteiger partial charge < -0.3 is 14.6 Å². The number of methoxy groups -OCH3 is 1. The van der Waals surface area contributed by atoms with Gasteiger partial charge in [0, 0.05) is 6.42 Å². The van der Waals surface area contributed by atoms with Crippen molar-refractivity contribution in [3.05, 3.63) is 35.6 Å². The molecule has 1 fully saturated rings. The van der Waals surface area contributed by atoms with Crippen molar-refractivity contribution >= 4 is 12.6 Å². The molecule has 154 valence electrons. The highest BCUT2D eigenvalue weighted by Gasteiger charge is 2.35. The fraction of sp³-hybridized carbons (Fsp3) is 0.550. The summed E-state index contributed by atoms with van der Waals surface area (Å²) in [5.41, 5.74) is -3.95. The molecule has 2 aliphatic rings. The molecular formula is C20H24F3NO3S. The van der Waals surface area contributed by atoms with Gasteiger partial charge in [-0.05, 0) is 62.3 Å². The first kappa shape index (κ1) is 22.3. The molecule has 0 saturated heterocycles. The van der Waals surface area contributed by atoms with Crippen molar-refractivity contribution in [1.82, 2.24) is 0 Å². The van der Waals surface area contributed by atoms with Gasteiger partial charge in [-0.1, -0.05) is 18.7 Å². The van der Waals surface area contributed by atoms with Gasteiger partial charge in [-0.25, -0.2) is 0 Å². The first-order valence-corrected chi connectivity index (χ1v) is 9.55. The SMILES string of the molecule is COc1ccc(C2(C#N)CC=C(O)CC2)cc1OC1CCCC1.FC(F)(F)S. The van der Waals surface area contributed by atoms with Crippen LogP contribution in [0.25, 0.3) is 0 Å². The van der Waals surface area contributed by atoms with E-state index < -0.39 is 10.9 Å². The number of alkyl halides is 3. The number of benzene rings is 1. The van der Waals surface area contributed by atoms with Gasteiger partial charge >= 0.3 is 5.51 Å². The molecule has 28 heavy (non-hydrogen) atoms. The fourth-order valence-electron chi connectivity index (χ4n) is 3.52. The minimum absolute atomic E-state index is 0.243. The number of hydrogen-bond acceptors (Lipinski definition) is 5. The number of ether oxygens (including phenoxy) is 2. The van der Waals surface area contributed by atoms with E-state index in [2.05, 4.69) is 18.7 Å². The molecule has 3 rings (SSSR count). The Morgan fingerprint density at radius 3 is 2.39 bits per heavy atom. The molecule has 4 nitrogen and oxygen atoms in total. The molecule has 1 aromatic rings. The molecule has 1 unspecified atom stereocenters. The molecule has 0 bridgehead atoms. The number of aliphatic hydroxyl groups is 1. The van der Waals surface area contributed by atoms with E-state index in [4.69, 9.17) is 9.47 Å². The largest absolute Gasteiger partial charge is 0.513 e. The van der Waals surface area contributed by atoms with Crippen molar-refractivity contribution in [1.29, 1.82) is 5.26 Å². The van der Waals surface area contributed by atoms with Crippen molar-refractivity contribution in [2.45, 2.75) is 62.0 Å². The number of allylic oxidation sites excluding steroid dienone is 2. The van der Waals surface area contributed by atoms with Crippen LogP contribution in [0.3, 0.4) is 0 Å². The van der Waals surface area contributed by atoms with Crippen molar-refractivity contribution in [3.63, 3.8) is 0 Å². The fourth-order valence-corrected chi connectivity index (χ4v) is 3.52. The first-order valence-electron chi connectivity index (χ1n) is 9.10. The van der Waals surface area contributed by atoms with Crippen LogP contribution in [0.15, 0.2) is 30.0 Å². The lowest BCUT2D eigenvalue weighted by Crippen LogP contribution is -2.26. The molecule has 8 heteroatoms. The van der Waals surface area contributed by atoms with E-state index >= 15 is 0 Å². The van der Waals surface area contributed by atoms with Gasteiger partial charge in [0.15, 0.2) is 11.5 Å². The number of halogens is 3. The quantitative estimate of drug-likeness (QED) is 0.607. The molecule has 0 radical (unpaired) electrons. The second-order valence-corrected chi connectivity index (χ2v) is 7.46. The van der Waals surface area contributed by atoms with Crippen LogP contribution in [0.4, 0.5) is 13.2 Å². The van der Waals surface area contributed by atoms with Crippen LogP contribution in [0.2, 0.25) is 0 Å². The molecule has 1 N–H and O–H groups in total. The molecule has 0 spiro atoms. The number of nitriles is 1. The van der Waals surface area contributed by atoms with Gasteiger partial charge in [0.2, 0.25) is 0 Å². The molecular weight excluding hydrogens is 391 g/mol. The molecule has 2 aliphatic carbocycles. The van der Waals surface area contributed by atoms with E-state index in [9.17, 15) is 23.5 Å². The summed E-state index contributed by atoms with van der Waals surface area (Å²) < 4.78 is 42.2. The highest BCUT2D eigenvalue weighted by atomic mass is 32.1. The molecule has 0 heterocycles. The second-order valence-electron chi connectivity index (χ2n) is 6.95. The lowest BCUT2D eigenvalue weighted by Gasteiger charge is -2.30. The monoisotopic (exact) mass is 415 g/mol. The number of rotatable bonds is 4. The molecule has 1 saturated carbocycles. The summed E-state index contributed by atoms with van der Waals surface area (Å²) in [5.74, 6) is 1.82. The standard InChI is InChI=1S/C19H23NO3.CHF3S/c1-22-17-7-6-14(12-18(17)23-16-4-2-3-5-16)19(13-20)10-8-15(21)9-11-19;2-1(3,4)5/h6-8,12,16,21H,2-5,9-11H2,1H3;5H. The summed E-state index contributed by atoms with van der Waals surface area (Å²) in [6, 6.07) is 8.25. The van der Waals surface area contributed by atoms with Gasteiger partial charge in [0.25, 0.3) is 0 Å². The number of thiol groups is 1. The Labute approximate surface area is 168 Å². The van der Waals surface area contributed by atoms with Crippen LogP contribution >= 0.6 is 12.6 Å². The summed E-state index contributed by atoms with van der Waals surface area (Å²) >= 11 is 2.12. The third kappa shape index (κ3) is 6.26. The van der Waals surface area contributed by atoms with Crippen LogP contribution < -0.4 is 9.47 Å². The zero-order valence-electron chi connectivity index (χ0n) is 15.6. The van der Waals surface area contributed by atoms with Crippen LogP contribution in [-0.2, 0) is 5.41 Å². The number of nitrogens with zero attached hydrogens (tertiary/aromatic N) is 1. The van der Waals surface area contributed by atoms with Gasteiger partial charge in [0.1, 0.15) is 0 Å². The lowest BCUT2D eigenvalue weighted by molar-refractivity contribution is -0.0303. The molecule has 0 aromatic heterocycles. The maximum atomic E-state index is 10.2. The smallest absolute Gasteiger partial charge is 0.438 e. The van der Waals surface area contributed by atoms with E-state index in [-0.39, 0.29) is 6.10 Å². The summed E-state index contributed by atoms with van der Waals surface area (Å²) in [4.78, 5) is 0. The van der Waals surface area contributed by atoms with Crippen LogP contribution in [0, 0.1) is 11.3 Å².